The van der Waals surface area contributed by atoms with E-state index in [1.807, 2.05) is 0 Å². The first-order valence-corrected chi connectivity index (χ1v) is 6.78. The predicted octanol–water partition coefficient (Wildman–Crippen LogP) is 2.00. The number of rotatable bonds is 1. The summed E-state index contributed by atoms with van der Waals surface area (Å²) in [4.78, 5) is 4.23. The molecule has 0 saturated heterocycles. The molecule has 1 heterocycles. The first-order valence-electron chi connectivity index (χ1n) is 4.96. The van der Waals surface area contributed by atoms with Gasteiger partial charge in [0.2, 0.25) is 0 Å². The summed E-state index contributed by atoms with van der Waals surface area (Å²) in [6.07, 6.45) is 0. The molecule has 1 aromatic rings. The van der Waals surface area contributed by atoms with Gasteiger partial charge in [0, 0.05) is 12.1 Å². The fourth-order valence-corrected chi connectivity index (χ4v) is 2.95. The van der Waals surface area contributed by atoms with E-state index in [9.17, 15) is 8.42 Å². The van der Waals surface area contributed by atoms with Gasteiger partial charge in [0.25, 0.3) is 10.0 Å². The van der Waals surface area contributed by atoms with Gasteiger partial charge >= 0.3 is 6.02 Å². The number of hydrogen-bond donors (Lipinski definition) is 0. The summed E-state index contributed by atoms with van der Waals surface area (Å²) in [7, 11) is -2.23. The monoisotopic (exact) mass is 274 g/mol. The maximum Gasteiger partial charge on any atom is 0.306 e. The number of benzene rings is 1. The van der Waals surface area contributed by atoms with Crippen LogP contribution in [-0.4, -0.2) is 32.4 Å². The van der Waals surface area contributed by atoms with E-state index in [1.54, 1.807) is 19.1 Å². The zero-order valence-corrected chi connectivity index (χ0v) is 10.9. The number of halogens is 1. The van der Waals surface area contributed by atoms with Gasteiger partial charge in [-0.25, -0.2) is 12.7 Å². The van der Waals surface area contributed by atoms with Gasteiger partial charge in [0.15, 0.2) is 0 Å². The van der Waals surface area contributed by atoms with Gasteiger partial charge < -0.3 is 4.74 Å². The highest BCUT2D eigenvalue weighted by Crippen LogP contribution is 2.33. The van der Waals surface area contributed by atoms with Crippen molar-refractivity contribution in [2.75, 3.05) is 13.7 Å². The van der Waals surface area contributed by atoms with Crippen molar-refractivity contribution in [3.8, 4) is 0 Å². The van der Waals surface area contributed by atoms with Gasteiger partial charge in [-0.3, -0.25) is 0 Å². The van der Waals surface area contributed by atoms with Crippen molar-refractivity contribution in [1.82, 2.24) is 4.31 Å². The van der Waals surface area contributed by atoms with Crippen molar-refractivity contribution in [1.29, 1.82) is 0 Å². The Bertz CT molecular complexity index is 583. The third kappa shape index (κ3) is 1.98. The molecule has 0 bridgehead atoms. The lowest BCUT2D eigenvalue weighted by molar-refractivity contribution is 0.290. The largest absolute Gasteiger partial charge is 0.465 e. The molecule has 0 fully saturated rings. The molecule has 0 aliphatic carbocycles. The van der Waals surface area contributed by atoms with Crippen LogP contribution in [0.3, 0.4) is 0 Å². The second-order valence-corrected chi connectivity index (χ2v) is 5.79. The quantitative estimate of drug-likeness (QED) is 0.787. The highest BCUT2D eigenvalue weighted by Gasteiger charge is 2.32. The van der Waals surface area contributed by atoms with Crippen LogP contribution >= 0.6 is 11.6 Å². The van der Waals surface area contributed by atoms with Crippen molar-refractivity contribution in [2.24, 2.45) is 4.99 Å². The Labute approximate surface area is 105 Å². The summed E-state index contributed by atoms with van der Waals surface area (Å²) in [6.45, 7) is 2.11. The van der Waals surface area contributed by atoms with Crippen LogP contribution in [0.2, 0.25) is 5.02 Å². The first-order chi connectivity index (χ1) is 7.96. The number of ether oxygens (including phenoxy) is 1. The summed E-state index contributed by atoms with van der Waals surface area (Å²) in [5.41, 5.74) is 0.343. The lowest BCUT2D eigenvalue weighted by Gasteiger charge is -2.25. The van der Waals surface area contributed by atoms with Gasteiger partial charge in [0.1, 0.15) is 4.90 Å². The Morgan fingerprint density at radius 2 is 2.18 bits per heavy atom. The fraction of sp³-hybridized carbons (Fsp3) is 0.300. The van der Waals surface area contributed by atoms with Crippen LogP contribution in [0.1, 0.15) is 6.92 Å². The molecule has 2 rings (SSSR count). The lowest BCUT2D eigenvalue weighted by Crippen LogP contribution is -2.37. The maximum absolute atomic E-state index is 12.1. The summed E-state index contributed by atoms with van der Waals surface area (Å²) in [6, 6.07) is 4.60. The number of fused-ring (bicyclic) bond motifs is 1. The summed E-state index contributed by atoms with van der Waals surface area (Å²) >= 11 is 5.79. The number of nitrogens with zero attached hydrogens (tertiary/aromatic N) is 2. The van der Waals surface area contributed by atoms with Crippen LogP contribution < -0.4 is 0 Å². The van der Waals surface area contributed by atoms with Crippen molar-refractivity contribution in [2.45, 2.75) is 11.8 Å². The Morgan fingerprint density at radius 3 is 2.82 bits per heavy atom. The number of aliphatic imine (C=N–C) groups is 1. The predicted molar refractivity (Wildman–Crippen MR) is 65.1 cm³/mol. The fourth-order valence-electron chi connectivity index (χ4n) is 1.46. The smallest absolute Gasteiger partial charge is 0.306 e. The first kappa shape index (κ1) is 12.2. The van der Waals surface area contributed by atoms with Crippen molar-refractivity contribution in [3.05, 3.63) is 23.2 Å². The molecule has 1 aromatic carbocycles. The topological polar surface area (TPSA) is 59.0 Å². The normalized spacial score (nSPS) is 17.4. The number of amidine groups is 1. The lowest BCUT2D eigenvalue weighted by atomic mass is 10.3. The standard InChI is InChI=1S/C10H11ClN2O3S/c1-3-16-10-12-8-5-4-7(11)6-9(8)17(14,15)13(10)2/h4-6H,3H2,1-2H3. The van der Waals surface area contributed by atoms with Gasteiger partial charge in [-0.15, -0.1) is 0 Å². The second kappa shape index (κ2) is 4.19. The molecule has 0 amide bonds. The average Bonchev–Trinajstić information content (AvgIpc) is 2.28. The van der Waals surface area contributed by atoms with Crippen LogP contribution in [0.5, 0.6) is 0 Å². The summed E-state index contributed by atoms with van der Waals surface area (Å²) in [5, 5.41) is 0.357. The molecule has 0 N–H and O–H groups in total. The minimum atomic E-state index is -3.62. The van der Waals surface area contributed by atoms with E-state index in [1.165, 1.54) is 13.1 Å². The summed E-state index contributed by atoms with van der Waals surface area (Å²) in [5.74, 6) is 0. The Hall–Kier alpha value is -1.27. The molecule has 7 heteroatoms. The third-order valence-corrected chi connectivity index (χ3v) is 4.31. The van der Waals surface area contributed by atoms with Crippen LogP contribution in [-0.2, 0) is 14.8 Å². The van der Waals surface area contributed by atoms with E-state index in [0.717, 1.165) is 4.31 Å². The summed E-state index contributed by atoms with van der Waals surface area (Å²) < 4.78 is 30.5. The van der Waals surface area contributed by atoms with E-state index in [2.05, 4.69) is 4.99 Å². The molecule has 1 aliphatic heterocycles. The molecule has 0 aromatic heterocycles. The maximum atomic E-state index is 12.1. The molecule has 1 aliphatic rings. The molecular weight excluding hydrogens is 264 g/mol. The van der Waals surface area contributed by atoms with Gasteiger partial charge in [-0.2, -0.15) is 4.99 Å². The van der Waals surface area contributed by atoms with Crippen molar-refractivity contribution < 1.29 is 13.2 Å². The highest BCUT2D eigenvalue weighted by atomic mass is 35.5. The average molecular weight is 275 g/mol. The highest BCUT2D eigenvalue weighted by molar-refractivity contribution is 7.89. The van der Waals surface area contributed by atoms with E-state index in [0.29, 0.717) is 17.3 Å². The Kier molecular flexibility index (Phi) is 3.01. The minimum absolute atomic E-state index is 0.0716. The van der Waals surface area contributed by atoms with Crippen molar-refractivity contribution >= 4 is 33.3 Å². The minimum Gasteiger partial charge on any atom is -0.465 e. The number of sulfonamides is 1. The molecular formula is C10H11ClN2O3S. The Balaban J connectivity index is 2.65. The van der Waals surface area contributed by atoms with E-state index < -0.39 is 10.0 Å². The Morgan fingerprint density at radius 1 is 1.47 bits per heavy atom. The molecule has 0 radical (unpaired) electrons. The zero-order chi connectivity index (χ0) is 12.6. The van der Waals surface area contributed by atoms with E-state index >= 15 is 0 Å². The molecule has 0 saturated carbocycles. The molecule has 92 valence electrons. The molecule has 0 atom stereocenters. The van der Waals surface area contributed by atoms with Crippen LogP contribution in [0.4, 0.5) is 5.69 Å². The third-order valence-electron chi connectivity index (χ3n) is 2.32. The van der Waals surface area contributed by atoms with Gasteiger partial charge in [0.05, 0.1) is 12.3 Å². The van der Waals surface area contributed by atoms with E-state index in [-0.39, 0.29) is 10.9 Å². The molecule has 5 nitrogen and oxygen atoms in total. The SMILES string of the molecule is CCOC1=Nc2ccc(Cl)cc2S(=O)(=O)N1C. The second-order valence-electron chi connectivity index (χ2n) is 3.41. The molecule has 0 unspecified atom stereocenters. The van der Waals surface area contributed by atoms with Crippen molar-refractivity contribution in [3.63, 3.8) is 0 Å². The zero-order valence-electron chi connectivity index (χ0n) is 9.34. The number of hydrogen-bond acceptors (Lipinski definition) is 4. The van der Waals surface area contributed by atoms with Crippen LogP contribution in [0.25, 0.3) is 0 Å². The molecule has 17 heavy (non-hydrogen) atoms. The molecule has 0 spiro atoms. The van der Waals surface area contributed by atoms with E-state index in [4.69, 9.17) is 16.3 Å². The van der Waals surface area contributed by atoms with Gasteiger partial charge in [-0.05, 0) is 25.1 Å². The van der Waals surface area contributed by atoms with Crippen LogP contribution in [0, 0.1) is 0 Å². The van der Waals surface area contributed by atoms with Crippen LogP contribution in [0.15, 0.2) is 28.1 Å². The van der Waals surface area contributed by atoms with Gasteiger partial charge in [-0.1, -0.05) is 11.6 Å².